The zero-order valence-corrected chi connectivity index (χ0v) is 13.5. The van der Waals surface area contributed by atoms with Crippen LogP contribution >= 0.6 is 27.5 Å². The van der Waals surface area contributed by atoms with Gasteiger partial charge < -0.3 is 5.73 Å². The molecule has 106 valence electrons. The highest BCUT2D eigenvalue weighted by Crippen LogP contribution is 2.25. The third-order valence-corrected chi connectivity index (χ3v) is 3.98. The highest BCUT2D eigenvalue weighted by atomic mass is 79.9. The van der Waals surface area contributed by atoms with Crippen LogP contribution < -0.4 is 5.73 Å². The number of hydrogen-bond donors (Lipinski definition) is 1. The molecule has 0 aliphatic rings. The summed E-state index contributed by atoms with van der Waals surface area (Å²) in [6, 6.07) is 12.2. The molecule has 1 atom stereocenters. The molecule has 1 nitrogen and oxygen atoms in total. The lowest BCUT2D eigenvalue weighted by Crippen LogP contribution is -2.41. The van der Waals surface area contributed by atoms with Crippen LogP contribution in [0.3, 0.4) is 0 Å². The van der Waals surface area contributed by atoms with Crippen molar-refractivity contribution >= 4 is 27.5 Å². The van der Waals surface area contributed by atoms with Crippen molar-refractivity contribution in [1.29, 1.82) is 0 Å². The van der Waals surface area contributed by atoms with Gasteiger partial charge in [-0.25, -0.2) is 4.39 Å². The molecule has 20 heavy (non-hydrogen) atoms. The summed E-state index contributed by atoms with van der Waals surface area (Å²) in [5.41, 5.74) is 7.96. The van der Waals surface area contributed by atoms with Gasteiger partial charge in [-0.1, -0.05) is 45.7 Å². The van der Waals surface area contributed by atoms with Crippen molar-refractivity contribution in [3.05, 3.63) is 68.9 Å². The van der Waals surface area contributed by atoms with Crippen LogP contribution in [-0.2, 0) is 12.8 Å². The normalized spacial score (nSPS) is 14.1. The molecule has 2 aromatic rings. The van der Waals surface area contributed by atoms with Crippen LogP contribution in [0.25, 0.3) is 0 Å². The Morgan fingerprint density at radius 1 is 1.15 bits per heavy atom. The SMILES string of the molecule is CC(N)(Cc1ccc(F)cc1)Cc1ccc(Br)cc1Cl. The highest BCUT2D eigenvalue weighted by molar-refractivity contribution is 9.10. The second-order valence-electron chi connectivity index (χ2n) is 5.37. The van der Waals surface area contributed by atoms with E-state index in [0.29, 0.717) is 17.9 Å². The molecule has 0 amide bonds. The molecule has 2 rings (SSSR count). The van der Waals surface area contributed by atoms with Crippen LogP contribution in [0.2, 0.25) is 5.02 Å². The molecule has 1 unspecified atom stereocenters. The number of rotatable bonds is 4. The maximum absolute atomic E-state index is 12.9. The predicted molar refractivity (Wildman–Crippen MR) is 85.6 cm³/mol. The fraction of sp³-hybridized carbons (Fsp3) is 0.250. The quantitative estimate of drug-likeness (QED) is 0.841. The zero-order chi connectivity index (χ0) is 14.8. The number of benzene rings is 2. The molecule has 0 aliphatic carbocycles. The van der Waals surface area contributed by atoms with Gasteiger partial charge in [0, 0.05) is 15.0 Å². The maximum atomic E-state index is 12.9. The standard InChI is InChI=1S/C16H16BrClFN/c1-16(20,9-11-2-6-14(19)7-3-11)10-12-4-5-13(17)8-15(12)18/h2-8H,9-10,20H2,1H3. The van der Waals surface area contributed by atoms with Gasteiger partial charge in [-0.3, -0.25) is 0 Å². The lowest BCUT2D eigenvalue weighted by Gasteiger charge is -2.25. The van der Waals surface area contributed by atoms with Gasteiger partial charge in [-0.2, -0.15) is 0 Å². The van der Waals surface area contributed by atoms with Gasteiger partial charge in [-0.15, -0.1) is 0 Å². The Labute approximate surface area is 132 Å². The van der Waals surface area contributed by atoms with E-state index in [9.17, 15) is 4.39 Å². The van der Waals surface area contributed by atoms with Crippen LogP contribution in [0.15, 0.2) is 46.9 Å². The Hall–Kier alpha value is -0.900. The maximum Gasteiger partial charge on any atom is 0.123 e. The van der Waals surface area contributed by atoms with E-state index in [4.69, 9.17) is 17.3 Å². The first-order chi connectivity index (χ1) is 9.35. The Morgan fingerprint density at radius 2 is 1.80 bits per heavy atom. The molecule has 0 heterocycles. The van der Waals surface area contributed by atoms with Crippen LogP contribution in [0.1, 0.15) is 18.1 Å². The molecule has 0 aliphatic heterocycles. The van der Waals surface area contributed by atoms with Gasteiger partial charge in [0.05, 0.1) is 0 Å². The van der Waals surface area contributed by atoms with Gasteiger partial charge in [0.1, 0.15) is 5.82 Å². The third kappa shape index (κ3) is 4.30. The summed E-state index contributed by atoms with van der Waals surface area (Å²) in [6.45, 7) is 1.98. The zero-order valence-electron chi connectivity index (χ0n) is 11.2. The first-order valence-electron chi connectivity index (χ1n) is 6.33. The smallest absolute Gasteiger partial charge is 0.123 e. The fourth-order valence-electron chi connectivity index (χ4n) is 2.23. The summed E-state index contributed by atoms with van der Waals surface area (Å²) in [6.07, 6.45) is 1.33. The van der Waals surface area contributed by atoms with Crippen LogP contribution in [-0.4, -0.2) is 5.54 Å². The van der Waals surface area contributed by atoms with Gasteiger partial charge in [0.2, 0.25) is 0 Å². The lowest BCUT2D eigenvalue weighted by atomic mass is 9.87. The van der Waals surface area contributed by atoms with Crippen LogP contribution in [0.5, 0.6) is 0 Å². The molecular weight excluding hydrogens is 341 g/mol. The summed E-state index contributed by atoms with van der Waals surface area (Å²) < 4.78 is 13.9. The molecule has 0 saturated carbocycles. The van der Waals surface area contributed by atoms with E-state index < -0.39 is 5.54 Å². The first kappa shape index (κ1) is 15.5. The number of halogens is 3. The first-order valence-corrected chi connectivity index (χ1v) is 7.50. The van der Waals surface area contributed by atoms with Crippen molar-refractivity contribution in [1.82, 2.24) is 0 Å². The predicted octanol–water partition coefficient (Wildman–Crippen LogP) is 4.74. The monoisotopic (exact) mass is 355 g/mol. The summed E-state index contributed by atoms with van der Waals surface area (Å²) in [5, 5.41) is 0.704. The highest BCUT2D eigenvalue weighted by Gasteiger charge is 2.21. The van der Waals surface area contributed by atoms with Crippen molar-refractivity contribution in [2.45, 2.75) is 25.3 Å². The molecule has 2 aromatic carbocycles. The minimum atomic E-state index is -0.435. The van der Waals surface area contributed by atoms with E-state index >= 15 is 0 Å². The average Bonchev–Trinajstić information content (AvgIpc) is 2.35. The van der Waals surface area contributed by atoms with Gasteiger partial charge in [0.25, 0.3) is 0 Å². The fourth-order valence-corrected chi connectivity index (χ4v) is 2.97. The third-order valence-electron chi connectivity index (χ3n) is 3.13. The van der Waals surface area contributed by atoms with E-state index in [1.807, 2.05) is 25.1 Å². The van der Waals surface area contributed by atoms with Crippen molar-refractivity contribution in [2.24, 2.45) is 5.73 Å². The van der Waals surface area contributed by atoms with Crippen LogP contribution in [0, 0.1) is 5.82 Å². The largest absolute Gasteiger partial charge is 0.325 e. The number of nitrogens with two attached hydrogens (primary N) is 1. The van der Waals surface area contributed by atoms with Crippen molar-refractivity contribution in [3.8, 4) is 0 Å². The minimum Gasteiger partial charge on any atom is -0.325 e. The molecule has 4 heteroatoms. The molecular formula is C16H16BrClFN. The van der Waals surface area contributed by atoms with E-state index in [1.54, 1.807) is 12.1 Å². The second-order valence-corrected chi connectivity index (χ2v) is 6.69. The van der Waals surface area contributed by atoms with Gasteiger partial charge in [0.15, 0.2) is 0 Å². The summed E-state index contributed by atoms with van der Waals surface area (Å²) >= 11 is 9.61. The lowest BCUT2D eigenvalue weighted by molar-refractivity contribution is 0.462. The average molecular weight is 357 g/mol. The Balaban J connectivity index is 2.12. The second kappa shape index (κ2) is 6.25. The van der Waals surface area contributed by atoms with E-state index in [2.05, 4.69) is 15.9 Å². The van der Waals surface area contributed by atoms with Crippen molar-refractivity contribution in [2.75, 3.05) is 0 Å². The molecule has 2 N–H and O–H groups in total. The van der Waals surface area contributed by atoms with Gasteiger partial charge >= 0.3 is 0 Å². The topological polar surface area (TPSA) is 26.0 Å². The summed E-state index contributed by atoms with van der Waals surface area (Å²) in [5.74, 6) is -0.233. The molecule has 0 spiro atoms. The van der Waals surface area contributed by atoms with Crippen LogP contribution in [0.4, 0.5) is 4.39 Å². The minimum absolute atomic E-state index is 0.233. The van der Waals surface area contributed by atoms with Crippen molar-refractivity contribution in [3.63, 3.8) is 0 Å². The Kier molecular flexibility index (Phi) is 4.84. The molecule has 0 saturated heterocycles. The molecule has 0 aromatic heterocycles. The van der Waals surface area contributed by atoms with E-state index in [1.165, 1.54) is 12.1 Å². The molecule has 0 radical (unpaired) electrons. The molecule has 0 fully saturated rings. The Bertz CT molecular complexity index is 596. The summed E-state index contributed by atoms with van der Waals surface area (Å²) in [4.78, 5) is 0. The van der Waals surface area contributed by atoms with Gasteiger partial charge in [-0.05, 0) is 55.2 Å². The van der Waals surface area contributed by atoms with Crippen molar-refractivity contribution < 1.29 is 4.39 Å². The van der Waals surface area contributed by atoms with E-state index in [-0.39, 0.29) is 5.82 Å². The molecule has 0 bridgehead atoms. The number of hydrogen-bond acceptors (Lipinski definition) is 1. The Morgan fingerprint density at radius 3 is 2.40 bits per heavy atom. The summed E-state index contributed by atoms with van der Waals surface area (Å²) in [7, 11) is 0. The van der Waals surface area contributed by atoms with E-state index in [0.717, 1.165) is 15.6 Å².